The zero-order chi connectivity index (χ0) is 21.9. The summed E-state index contributed by atoms with van der Waals surface area (Å²) in [7, 11) is 1.70. The minimum atomic E-state index is -1.32. The summed E-state index contributed by atoms with van der Waals surface area (Å²) in [6, 6.07) is 5.10. The molecule has 1 aromatic heterocycles. The van der Waals surface area contributed by atoms with Crippen molar-refractivity contribution in [2.45, 2.75) is 45.2 Å². The summed E-state index contributed by atoms with van der Waals surface area (Å²) in [6.07, 6.45) is 2.81. The van der Waals surface area contributed by atoms with Gasteiger partial charge < -0.3 is 15.4 Å². The minimum Gasteiger partial charge on any atom is -0.397 e. The van der Waals surface area contributed by atoms with Gasteiger partial charge in [0, 0.05) is 55.7 Å². The molecule has 30 heavy (non-hydrogen) atoms. The quantitative estimate of drug-likeness (QED) is 0.471. The lowest BCUT2D eigenvalue weighted by molar-refractivity contribution is 0.0163. The number of hydrogen-bond acceptors (Lipinski definition) is 5. The van der Waals surface area contributed by atoms with E-state index in [0.29, 0.717) is 59.7 Å². The van der Waals surface area contributed by atoms with Crippen LogP contribution in [0.15, 0.2) is 24.4 Å². The van der Waals surface area contributed by atoms with Crippen LogP contribution in [0.5, 0.6) is 0 Å². The fourth-order valence-electron chi connectivity index (χ4n) is 4.33. The molecule has 7 heteroatoms. The number of piperidine rings is 1. The van der Waals surface area contributed by atoms with Crippen LogP contribution in [0.4, 0.5) is 10.1 Å². The molecule has 0 saturated carbocycles. The number of ether oxygens (including phenoxy) is 1. The molecule has 5 nitrogen and oxygen atoms in total. The lowest BCUT2D eigenvalue weighted by Gasteiger charge is -2.39. The number of nitrogen functional groups attached to an aromatic ring is 1. The van der Waals surface area contributed by atoms with E-state index in [9.17, 15) is 4.79 Å². The second-order valence-corrected chi connectivity index (χ2v) is 9.57. The van der Waals surface area contributed by atoms with Crippen molar-refractivity contribution in [2.24, 2.45) is 5.41 Å². The number of likely N-dealkylation sites (tertiary alicyclic amines) is 1. The Morgan fingerprint density at radius 3 is 2.77 bits per heavy atom. The van der Waals surface area contributed by atoms with Gasteiger partial charge in [-0.05, 0) is 37.5 Å². The Hall–Kier alpha value is -1.76. The van der Waals surface area contributed by atoms with Crippen molar-refractivity contribution in [2.75, 3.05) is 39.1 Å². The van der Waals surface area contributed by atoms with Gasteiger partial charge in [-0.15, -0.1) is 0 Å². The minimum absolute atomic E-state index is 0.0313. The third-order valence-electron chi connectivity index (χ3n) is 5.92. The molecule has 1 saturated heterocycles. The lowest BCUT2D eigenvalue weighted by Crippen LogP contribution is -2.46. The maximum absolute atomic E-state index is 15.4. The van der Waals surface area contributed by atoms with Crippen LogP contribution < -0.4 is 5.73 Å². The van der Waals surface area contributed by atoms with Crippen molar-refractivity contribution >= 4 is 34.0 Å². The van der Waals surface area contributed by atoms with E-state index in [1.165, 1.54) is 0 Å². The van der Waals surface area contributed by atoms with E-state index in [-0.39, 0.29) is 24.0 Å². The molecular weight excluding hydrogens is 405 g/mol. The molecular formula is C23H31ClFN3O2. The third-order valence-corrected chi connectivity index (χ3v) is 6.23. The first-order valence-electron chi connectivity index (χ1n) is 10.4. The summed E-state index contributed by atoms with van der Waals surface area (Å²) >= 11 is 6.21. The fourth-order valence-corrected chi connectivity index (χ4v) is 4.54. The SMILES string of the molecule is COCC(C)(C)CN1CCC(F)(CCC(=O)c2cc(Cl)c(N)c3cccnc23)CC1. The number of benzene rings is 1. The van der Waals surface area contributed by atoms with Gasteiger partial charge in [0.05, 0.1) is 22.8 Å². The van der Waals surface area contributed by atoms with Gasteiger partial charge in [-0.2, -0.15) is 0 Å². The number of halogens is 2. The van der Waals surface area contributed by atoms with Crippen molar-refractivity contribution in [3.63, 3.8) is 0 Å². The molecule has 0 radical (unpaired) electrons. The van der Waals surface area contributed by atoms with E-state index in [2.05, 4.69) is 23.7 Å². The number of carbonyl (C=O) groups excluding carboxylic acids is 1. The molecule has 0 aliphatic carbocycles. The Kier molecular flexibility index (Phi) is 7.00. The number of nitrogens with two attached hydrogens (primary N) is 1. The predicted octanol–water partition coefficient (Wildman–Crippen LogP) is 4.91. The van der Waals surface area contributed by atoms with Gasteiger partial charge in [-0.1, -0.05) is 25.4 Å². The first kappa shape index (κ1) is 22.9. The number of nitrogens with zero attached hydrogens (tertiary/aromatic N) is 2. The number of rotatable bonds is 8. The Bertz CT molecular complexity index is 911. The number of Topliss-reactive ketones (excluding diaryl/α,β-unsaturated/α-hetero) is 1. The van der Waals surface area contributed by atoms with Gasteiger partial charge in [0.15, 0.2) is 5.78 Å². The molecule has 1 fully saturated rings. The van der Waals surface area contributed by atoms with Crippen LogP contribution >= 0.6 is 11.6 Å². The summed E-state index contributed by atoms with van der Waals surface area (Å²) in [5.74, 6) is -0.152. The molecule has 0 spiro atoms. The highest BCUT2D eigenvalue weighted by atomic mass is 35.5. The van der Waals surface area contributed by atoms with Gasteiger partial charge >= 0.3 is 0 Å². The van der Waals surface area contributed by atoms with Crippen molar-refractivity contribution in [3.05, 3.63) is 35.0 Å². The molecule has 2 heterocycles. The first-order chi connectivity index (χ1) is 14.1. The summed E-state index contributed by atoms with van der Waals surface area (Å²) in [5.41, 5.74) is 6.06. The number of hydrogen-bond donors (Lipinski definition) is 1. The number of fused-ring (bicyclic) bond motifs is 1. The zero-order valence-electron chi connectivity index (χ0n) is 18.0. The van der Waals surface area contributed by atoms with Gasteiger partial charge in [0.25, 0.3) is 0 Å². The van der Waals surface area contributed by atoms with Gasteiger partial charge in [-0.3, -0.25) is 9.78 Å². The number of aromatic nitrogens is 1. The van der Waals surface area contributed by atoms with Crippen LogP contribution in [-0.4, -0.2) is 54.7 Å². The highest BCUT2D eigenvalue weighted by Crippen LogP contribution is 2.35. The van der Waals surface area contributed by atoms with Crippen LogP contribution in [-0.2, 0) is 4.74 Å². The summed E-state index contributed by atoms with van der Waals surface area (Å²) in [4.78, 5) is 19.5. The Labute approximate surface area is 182 Å². The van der Waals surface area contributed by atoms with E-state index >= 15 is 4.39 Å². The maximum atomic E-state index is 15.4. The smallest absolute Gasteiger partial charge is 0.165 e. The van der Waals surface area contributed by atoms with Crippen molar-refractivity contribution < 1.29 is 13.9 Å². The second-order valence-electron chi connectivity index (χ2n) is 9.17. The molecule has 0 bridgehead atoms. The van der Waals surface area contributed by atoms with Crippen LogP contribution in [0, 0.1) is 5.41 Å². The first-order valence-corrected chi connectivity index (χ1v) is 10.8. The highest BCUT2D eigenvalue weighted by Gasteiger charge is 2.36. The maximum Gasteiger partial charge on any atom is 0.165 e. The Morgan fingerprint density at radius 2 is 2.10 bits per heavy atom. The molecule has 0 unspecified atom stereocenters. The number of alkyl halides is 1. The molecule has 0 atom stereocenters. The summed E-state index contributed by atoms with van der Waals surface area (Å²) in [5, 5.41) is 0.969. The summed E-state index contributed by atoms with van der Waals surface area (Å²) < 4.78 is 20.7. The van der Waals surface area contributed by atoms with Crippen molar-refractivity contribution in [1.29, 1.82) is 0 Å². The molecule has 2 N–H and O–H groups in total. The van der Waals surface area contributed by atoms with Crippen molar-refractivity contribution in [1.82, 2.24) is 9.88 Å². The van der Waals surface area contributed by atoms with E-state index in [1.807, 2.05) is 0 Å². The Morgan fingerprint density at radius 1 is 1.40 bits per heavy atom. The van der Waals surface area contributed by atoms with Gasteiger partial charge in [-0.25, -0.2) is 4.39 Å². The summed E-state index contributed by atoms with van der Waals surface area (Å²) in [6.45, 7) is 7.24. The number of methoxy groups -OCH3 is 1. The molecule has 2 aromatic rings. The third kappa shape index (κ3) is 5.29. The monoisotopic (exact) mass is 435 g/mol. The normalized spacial score (nSPS) is 17.4. The van der Waals surface area contributed by atoms with E-state index in [1.54, 1.807) is 31.5 Å². The second kappa shape index (κ2) is 9.16. The van der Waals surface area contributed by atoms with Gasteiger partial charge in [0.2, 0.25) is 0 Å². The molecule has 3 rings (SSSR count). The molecule has 1 aliphatic heterocycles. The average Bonchev–Trinajstić information content (AvgIpc) is 2.71. The van der Waals surface area contributed by atoms with Crippen molar-refractivity contribution in [3.8, 4) is 0 Å². The fraction of sp³-hybridized carbons (Fsp3) is 0.565. The van der Waals surface area contributed by atoms with E-state index in [4.69, 9.17) is 22.1 Å². The molecule has 1 aliphatic rings. The highest BCUT2D eigenvalue weighted by molar-refractivity contribution is 6.35. The van der Waals surface area contributed by atoms with Crippen LogP contribution in [0.2, 0.25) is 5.02 Å². The lowest BCUT2D eigenvalue weighted by atomic mass is 9.85. The zero-order valence-corrected chi connectivity index (χ0v) is 18.8. The van der Waals surface area contributed by atoms with E-state index in [0.717, 1.165) is 6.54 Å². The Balaban J connectivity index is 1.62. The van der Waals surface area contributed by atoms with E-state index < -0.39 is 5.67 Å². The number of pyridine rings is 1. The molecule has 0 amide bonds. The van der Waals surface area contributed by atoms with Crippen LogP contribution in [0.25, 0.3) is 10.9 Å². The van der Waals surface area contributed by atoms with Crippen LogP contribution in [0.1, 0.15) is 49.9 Å². The molecule has 164 valence electrons. The van der Waals surface area contributed by atoms with Gasteiger partial charge in [0.1, 0.15) is 5.67 Å². The standard InChI is InChI=1S/C23H31ClFN3O2/c1-22(2,15-30-3)14-28-11-8-23(25,9-12-28)7-6-19(29)17-13-18(24)20(26)16-5-4-10-27-21(16)17/h4-5,10,13H,6-9,11-12,14-15,26H2,1-3H3. The topological polar surface area (TPSA) is 68.5 Å². The average molecular weight is 436 g/mol. The molecule has 1 aromatic carbocycles. The number of anilines is 1. The number of carbonyl (C=O) groups is 1. The van der Waals surface area contributed by atoms with Crippen LogP contribution in [0.3, 0.4) is 0 Å². The predicted molar refractivity (Wildman–Crippen MR) is 120 cm³/mol. The number of ketones is 1. The largest absolute Gasteiger partial charge is 0.397 e.